The predicted octanol–water partition coefficient (Wildman–Crippen LogP) is 2.63. The van der Waals surface area contributed by atoms with Crippen molar-refractivity contribution in [2.24, 2.45) is 10.4 Å². The van der Waals surface area contributed by atoms with E-state index in [1.807, 2.05) is 18.2 Å². The van der Waals surface area contributed by atoms with Gasteiger partial charge in [0.05, 0.1) is 10.6 Å². The van der Waals surface area contributed by atoms with Crippen LogP contribution in [0.5, 0.6) is 0 Å². The van der Waals surface area contributed by atoms with Crippen molar-refractivity contribution in [2.75, 3.05) is 7.05 Å². The number of rotatable bonds is 3. The molecule has 1 aliphatic carbocycles. The van der Waals surface area contributed by atoms with Crippen LogP contribution in [0.2, 0.25) is 0 Å². The minimum absolute atomic E-state index is 0.152. The van der Waals surface area contributed by atoms with Gasteiger partial charge in [0.1, 0.15) is 6.20 Å². The SMILES string of the molecule is CCC1(C)C=CC2=NC=C([N+](=O)[O-])C(Cl)(NC)C2=C1. The monoisotopic (exact) mass is 281 g/mol. The van der Waals surface area contributed by atoms with Crippen LogP contribution in [0.1, 0.15) is 20.3 Å². The standard InChI is InChI=1S/C13H16ClN3O2/c1-4-12(2)6-5-10-9(7-12)13(14,15-3)11(8-16-10)17(18)19/h5-8,15H,4H2,1-3H3. The van der Waals surface area contributed by atoms with Crippen molar-refractivity contribution in [2.45, 2.75) is 25.3 Å². The van der Waals surface area contributed by atoms with E-state index in [0.29, 0.717) is 11.3 Å². The molecule has 2 unspecified atom stereocenters. The van der Waals surface area contributed by atoms with Crippen molar-refractivity contribution in [1.29, 1.82) is 0 Å². The second-order valence-electron chi connectivity index (χ2n) is 4.94. The van der Waals surface area contributed by atoms with Crippen LogP contribution in [0.4, 0.5) is 0 Å². The van der Waals surface area contributed by atoms with Crippen LogP contribution in [-0.4, -0.2) is 22.7 Å². The number of nitrogens with zero attached hydrogens (tertiary/aromatic N) is 2. The van der Waals surface area contributed by atoms with Crippen LogP contribution in [-0.2, 0) is 0 Å². The van der Waals surface area contributed by atoms with E-state index in [-0.39, 0.29) is 11.1 Å². The van der Waals surface area contributed by atoms with Crippen LogP contribution in [0.25, 0.3) is 0 Å². The summed E-state index contributed by atoms with van der Waals surface area (Å²) in [5.74, 6) is 0. The first kappa shape index (κ1) is 14.0. The fourth-order valence-corrected chi connectivity index (χ4v) is 2.48. The highest BCUT2D eigenvalue weighted by atomic mass is 35.5. The van der Waals surface area contributed by atoms with Crippen LogP contribution < -0.4 is 5.32 Å². The predicted molar refractivity (Wildman–Crippen MR) is 75.8 cm³/mol. The molecule has 0 amide bonds. The van der Waals surface area contributed by atoms with Gasteiger partial charge in [0.25, 0.3) is 0 Å². The van der Waals surface area contributed by atoms with Crippen molar-refractivity contribution in [3.8, 4) is 0 Å². The Morgan fingerprint density at radius 2 is 2.26 bits per heavy atom. The highest BCUT2D eigenvalue weighted by Crippen LogP contribution is 2.41. The number of hydrogen-bond donors (Lipinski definition) is 1. The van der Waals surface area contributed by atoms with E-state index in [2.05, 4.69) is 24.2 Å². The number of allylic oxidation sites excluding steroid dienone is 3. The summed E-state index contributed by atoms with van der Waals surface area (Å²) >= 11 is 6.47. The Morgan fingerprint density at radius 1 is 1.58 bits per heavy atom. The average Bonchev–Trinajstić information content (AvgIpc) is 2.39. The number of nitrogens with one attached hydrogen (secondary N) is 1. The molecule has 0 fully saturated rings. The lowest BCUT2D eigenvalue weighted by atomic mass is 9.77. The van der Waals surface area contributed by atoms with Gasteiger partial charge in [0.2, 0.25) is 5.00 Å². The van der Waals surface area contributed by atoms with Crippen molar-refractivity contribution in [3.05, 3.63) is 45.8 Å². The first-order valence-electron chi connectivity index (χ1n) is 6.10. The van der Waals surface area contributed by atoms with Crippen LogP contribution in [0.15, 0.2) is 40.7 Å². The quantitative estimate of drug-likeness (QED) is 0.374. The molecule has 0 radical (unpaired) electrons. The van der Waals surface area contributed by atoms with E-state index in [0.717, 1.165) is 6.42 Å². The molecule has 0 saturated heterocycles. The third-order valence-electron chi connectivity index (χ3n) is 3.72. The second kappa shape index (κ2) is 4.58. The molecule has 1 aliphatic heterocycles. The first-order chi connectivity index (χ1) is 8.86. The molecule has 0 spiro atoms. The maximum absolute atomic E-state index is 11.1. The average molecular weight is 282 g/mol. The van der Waals surface area contributed by atoms with Gasteiger partial charge in [-0.25, -0.2) is 4.99 Å². The van der Waals surface area contributed by atoms with E-state index in [9.17, 15) is 10.1 Å². The van der Waals surface area contributed by atoms with E-state index in [1.165, 1.54) is 6.20 Å². The fourth-order valence-electron chi connectivity index (χ4n) is 2.21. The Balaban J connectivity index is 2.60. The lowest BCUT2D eigenvalue weighted by Gasteiger charge is -2.34. The summed E-state index contributed by atoms with van der Waals surface area (Å²) < 4.78 is 0. The molecule has 19 heavy (non-hydrogen) atoms. The topological polar surface area (TPSA) is 67.5 Å². The minimum Gasteiger partial charge on any atom is -0.289 e. The van der Waals surface area contributed by atoms with Gasteiger partial charge < -0.3 is 0 Å². The summed E-state index contributed by atoms with van der Waals surface area (Å²) in [6.07, 6.45) is 7.99. The lowest BCUT2D eigenvalue weighted by Crippen LogP contribution is -2.48. The Labute approximate surface area is 116 Å². The molecule has 0 saturated carbocycles. The Kier molecular flexibility index (Phi) is 3.36. The number of likely N-dealkylation sites (N-methyl/N-ethyl adjacent to an activating group) is 1. The van der Waals surface area contributed by atoms with Crippen LogP contribution in [0.3, 0.4) is 0 Å². The summed E-state index contributed by atoms with van der Waals surface area (Å²) in [5.41, 5.74) is 1.00. The van der Waals surface area contributed by atoms with Gasteiger partial charge in [-0.05, 0) is 19.5 Å². The number of aliphatic imine (C=N–C) groups is 1. The fraction of sp³-hybridized carbons (Fsp3) is 0.462. The summed E-state index contributed by atoms with van der Waals surface area (Å²) in [5, 5.41) is 14.0. The largest absolute Gasteiger partial charge is 0.304 e. The number of nitro groups is 1. The summed E-state index contributed by atoms with van der Waals surface area (Å²) in [4.78, 5) is 13.4. The minimum atomic E-state index is -1.33. The first-order valence-corrected chi connectivity index (χ1v) is 6.47. The molecule has 1 heterocycles. The van der Waals surface area contributed by atoms with Crippen molar-refractivity contribution >= 4 is 17.3 Å². The smallest absolute Gasteiger partial charge is 0.289 e. The van der Waals surface area contributed by atoms with Gasteiger partial charge in [-0.1, -0.05) is 37.6 Å². The van der Waals surface area contributed by atoms with E-state index in [1.54, 1.807) is 7.05 Å². The molecule has 0 bridgehead atoms. The molecule has 6 heteroatoms. The normalized spacial score (nSPS) is 33.2. The highest BCUT2D eigenvalue weighted by molar-refractivity contribution is 6.33. The van der Waals surface area contributed by atoms with Crippen molar-refractivity contribution in [1.82, 2.24) is 5.32 Å². The maximum Gasteiger partial charge on any atom is 0.304 e. The molecule has 0 aromatic heterocycles. The van der Waals surface area contributed by atoms with Gasteiger partial charge >= 0.3 is 5.70 Å². The highest BCUT2D eigenvalue weighted by Gasteiger charge is 2.48. The molecule has 102 valence electrons. The zero-order valence-corrected chi connectivity index (χ0v) is 11.9. The third-order valence-corrected chi connectivity index (χ3v) is 4.31. The van der Waals surface area contributed by atoms with Crippen molar-refractivity contribution in [3.63, 3.8) is 0 Å². The number of alkyl halides is 1. The second-order valence-corrected chi connectivity index (χ2v) is 5.51. The number of hydrogen-bond acceptors (Lipinski definition) is 4. The molecular formula is C13H16ClN3O2. The molecular weight excluding hydrogens is 266 g/mol. The van der Waals surface area contributed by atoms with Gasteiger partial charge in [0, 0.05) is 11.0 Å². The molecule has 0 aromatic carbocycles. The maximum atomic E-state index is 11.1. The molecule has 1 N–H and O–H groups in total. The third kappa shape index (κ3) is 2.13. The molecule has 2 atom stereocenters. The van der Waals surface area contributed by atoms with Crippen molar-refractivity contribution < 1.29 is 4.92 Å². The van der Waals surface area contributed by atoms with Crippen LogP contribution in [0, 0.1) is 15.5 Å². The Morgan fingerprint density at radius 3 is 2.79 bits per heavy atom. The van der Waals surface area contributed by atoms with Gasteiger partial charge in [-0.3, -0.25) is 15.4 Å². The number of halogens is 1. The lowest BCUT2D eigenvalue weighted by molar-refractivity contribution is -0.431. The van der Waals surface area contributed by atoms with E-state index >= 15 is 0 Å². The van der Waals surface area contributed by atoms with Gasteiger partial charge in [-0.2, -0.15) is 0 Å². The zero-order chi connectivity index (χ0) is 14.3. The summed E-state index contributed by atoms with van der Waals surface area (Å²) in [7, 11) is 1.61. The van der Waals surface area contributed by atoms with E-state index in [4.69, 9.17) is 11.6 Å². The van der Waals surface area contributed by atoms with Crippen LogP contribution >= 0.6 is 11.6 Å². The molecule has 2 aliphatic rings. The molecule has 5 nitrogen and oxygen atoms in total. The Bertz CT molecular complexity index is 550. The molecule has 2 rings (SSSR count). The summed E-state index contributed by atoms with van der Waals surface area (Å²) in [6, 6.07) is 0. The Hall–Kier alpha value is -1.46. The number of fused-ring (bicyclic) bond motifs is 1. The molecule has 0 aromatic rings. The summed E-state index contributed by atoms with van der Waals surface area (Å²) in [6.45, 7) is 4.12. The van der Waals surface area contributed by atoms with Gasteiger partial charge in [-0.15, -0.1) is 0 Å². The van der Waals surface area contributed by atoms with E-state index < -0.39 is 9.92 Å². The zero-order valence-electron chi connectivity index (χ0n) is 11.1. The van der Waals surface area contributed by atoms with Gasteiger partial charge in [0.15, 0.2) is 0 Å².